The van der Waals surface area contributed by atoms with E-state index in [0.29, 0.717) is 11.5 Å². The molecule has 0 aliphatic heterocycles. The number of methoxy groups -OCH3 is 2. The van der Waals surface area contributed by atoms with E-state index in [2.05, 4.69) is 0 Å². The summed E-state index contributed by atoms with van der Waals surface area (Å²) in [5.74, 6) is 0.788. The monoisotopic (exact) mass is 312 g/mol. The first-order valence-electron chi connectivity index (χ1n) is 7.25. The van der Waals surface area contributed by atoms with Gasteiger partial charge in [0.05, 0.1) is 14.2 Å². The third-order valence-electron chi connectivity index (χ3n) is 3.33. The summed E-state index contributed by atoms with van der Waals surface area (Å²) in [5, 5.41) is 0. The van der Waals surface area contributed by atoms with Gasteiger partial charge < -0.3 is 14.2 Å². The number of aryl methyl sites for hydroxylation is 1. The average Bonchev–Trinajstić information content (AvgIpc) is 2.58. The quantitative estimate of drug-likeness (QED) is 0.601. The van der Waals surface area contributed by atoms with Crippen molar-refractivity contribution in [2.24, 2.45) is 0 Å². The molecule has 0 saturated heterocycles. The van der Waals surface area contributed by atoms with Crippen LogP contribution in [0.5, 0.6) is 11.5 Å². The molecule has 0 amide bonds. The van der Waals surface area contributed by atoms with Gasteiger partial charge in [-0.1, -0.05) is 42.0 Å². The van der Waals surface area contributed by atoms with Crippen LogP contribution < -0.4 is 9.47 Å². The summed E-state index contributed by atoms with van der Waals surface area (Å²) in [5.41, 5.74) is 2.88. The highest BCUT2D eigenvalue weighted by atomic mass is 16.5. The van der Waals surface area contributed by atoms with Crippen molar-refractivity contribution in [2.45, 2.75) is 13.5 Å². The molecule has 2 aromatic rings. The molecule has 0 saturated carbocycles. The van der Waals surface area contributed by atoms with E-state index in [4.69, 9.17) is 14.2 Å². The van der Waals surface area contributed by atoms with Crippen molar-refractivity contribution < 1.29 is 19.0 Å². The Bertz CT molecular complexity index is 687. The standard InChI is InChI=1S/C19H20O4/c1-14-7-9-15(10-8-14)13-23-18(20)12-11-16-5-4-6-17(21-2)19(16)22-3/h4-12H,13H2,1-3H3/b12-11+. The topological polar surface area (TPSA) is 44.8 Å². The Morgan fingerprint density at radius 1 is 1.04 bits per heavy atom. The Morgan fingerprint density at radius 3 is 2.43 bits per heavy atom. The van der Waals surface area contributed by atoms with Gasteiger partial charge in [0, 0.05) is 11.6 Å². The second kappa shape index (κ2) is 8.03. The predicted molar refractivity (Wildman–Crippen MR) is 89.6 cm³/mol. The van der Waals surface area contributed by atoms with Crippen LogP contribution in [0.1, 0.15) is 16.7 Å². The molecule has 2 aromatic carbocycles. The summed E-state index contributed by atoms with van der Waals surface area (Å²) in [7, 11) is 3.13. The molecule has 0 unspecified atom stereocenters. The molecule has 0 radical (unpaired) electrons. The highest BCUT2D eigenvalue weighted by Crippen LogP contribution is 2.31. The van der Waals surface area contributed by atoms with Gasteiger partial charge in [-0.2, -0.15) is 0 Å². The molecule has 120 valence electrons. The first-order chi connectivity index (χ1) is 11.1. The Hall–Kier alpha value is -2.75. The number of hydrogen-bond acceptors (Lipinski definition) is 4. The molecular weight excluding hydrogens is 292 g/mol. The molecule has 0 N–H and O–H groups in total. The normalized spacial score (nSPS) is 10.6. The number of carbonyl (C=O) groups excluding carboxylic acids is 1. The number of ether oxygens (including phenoxy) is 3. The molecule has 4 heteroatoms. The van der Waals surface area contributed by atoms with Crippen LogP contribution in [0.25, 0.3) is 6.08 Å². The lowest BCUT2D eigenvalue weighted by Gasteiger charge is -2.09. The van der Waals surface area contributed by atoms with Crippen LogP contribution in [0.15, 0.2) is 48.5 Å². The van der Waals surface area contributed by atoms with Crippen molar-refractivity contribution in [3.8, 4) is 11.5 Å². The van der Waals surface area contributed by atoms with E-state index in [1.54, 1.807) is 26.4 Å². The van der Waals surface area contributed by atoms with E-state index in [9.17, 15) is 4.79 Å². The van der Waals surface area contributed by atoms with E-state index < -0.39 is 5.97 Å². The Labute approximate surface area is 136 Å². The maximum atomic E-state index is 11.8. The van der Waals surface area contributed by atoms with Gasteiger partial charge in [-0.3, -0.25) is 0 Å². The first kappa shape index (κ1) is 16.6. The van der Waals surface area contributed by atoms with E-state index in [1.807, 2.05) is 43.3 Å². The van der Waals surface area contributed by atoms with E-state index in [1.165, 1.54) is 11.6 Å². The van der Waals surface area contributed by atoms with E-state index in [0.717, 1.165) is 11.1 Å². The van der Waals surface area contributed by atoms with Crippen LogP contribution in [-0.4, -0.2) is 20.2 Å². The third-order valence-corrected chi connectivity index (χ3v) is 3.33. The second-order valence-corrected chi connectivity index (χ2v) is 5.01. The summed E-state index contributed by atoms with van der Waals surface area (Å²) in [6.45, 7) is 2.26. The van der Waals surface area contributed by atoms with Crippen molar-refractivity contribution in [1.29, 1.82) is 0 Å². The van der Waals surface area contributed by atoms with Crippen molar-refractivity contribution in [2.75, 3.05) is 14.2 Å². The molecule has 4 nitrogen and oxygen atoms in total. The summed E-state index contributed by atoms with van der Waals surface area (Å²) >= 11 is 0. The van der Waals surface area contributed by atoms with Crippen LogP contribution in [0.4, 0.5) is 0 Å². The maximum Gasteiger partial charge on any atom is 0.331 e. The molecule has 0 aliphatic rings. The molecule has 0 aromatic heterocycles. The molecular formula is C19H20O4. The minimum absolute atomic E-state index is 0.249. The lowest BCUT2D eigenvalue weighted by atomic mass is 10.1. The fourth-order valence-electron chi connectivity index (χ4n) is 2.09. The van der Waals surface area contributed by atoms with Gasteiger partial charge in [-0.25, -0.2) is 4.79 Å². The number of benzene rings is 2. The van der Waals surface area contributed by atoms with Crippen molar-refractivity contribution >= 4 is 12.0 Å². The van der Waals surface area contributed by atoms with Crippen molar-refractivity contribution in [3.05, 3.63) is 65.2 Å². The molecule has 2 rings (SSSR count). The lowest BCUT2D eigenvalue weighted by molar-refractivity contribution is -0.138. The Balaban J connectivity index is 1.99. The number of rotatable bonds is 6. The largest absolute Gasteiger partial charge is 0.493 e. The highest BCUT2D eigenvalue weighted by Gasteiger charge is 2.07. The van der Waals surface area contributed by atoms with Gasteiger partial charge in [-0.05, 0) is 24.6 Å². The van der Waals surface area contributed by atoms with Crippen LogP contribution >= 0.6 is 0 Å². The SMILES string of the molecule is COc1cccc(/C=C/C(=O)OCc2ccc(C)cc2)c1OC. The van der Waals surface area contributed by atoms with E-state index >= 15 is 0 Å². The number of para-hydroxylation sites is 1. The predicted octanol–water partition coefficient (Wildman–Crippen LogP) is 3.77. The van der Waals surface area contributed by atoms with Gasteiger partial charge in [0.1, 0.15) is 6.61 Å². The van der Waals surface area contributed by atoms with E-state index in [-0.39, 0.29) is 6.61 Å². The molecule has 23 heavy (non-hydrogen) atoms. The smallest absolute Gasteiger partial charge is 0.331 e. The molecule has 0 fully saturated rings. The molecule has 0 aliphatic carbocycles. The fraction of sp³-hybridized carbons (Fsp3) is 0.211. The molecule has 0 spiro atoms. The van der Waals surface area contributed by atoms with Crippen LogP contribution in [0, 0.1) is 6.92 Å². The highest BCUT2D eigenvalue weighted by molar-refractivity contribution is 5.87. The molecule has 0 heterocycles. The van der Waals surface area contributed by atoms with Crippen molar-refractivity contribution in [3.63, 3.8) is 0 Å². The zero-order valence-corrected chi connectivity index (χ0v) is 13.5. The average molecular weight is 312 g/mol. The van der Waals surface area contributed by atoms with Crippen molar-refractivity contribution in [1.82, 2.24) is 0 Å². The van der Waals surface area contributed by atoms with Gasteiger partial charge >= 0.3 is 5.97 Å². The summed E-state index contributed by atoms with van der Waals surface area (Å²) in [4.78, 5) is 11.8. The molecule has 0 atom stereocenters. The third kappa shape index (κ3) is 4.61. The Morgan fingerprint density at radius 2 is 1.78 bits per heavy atom. The number of hydrogen-bond donors (Lipinski definition) is 0. The second-order valence-electron chi connectivity index (χ2n) is 5.01. The minimum Gasteiger partial charge on any atom is -0.493 e. The lowest BCUT2D eigenvalue weighted by Crippen LogP contribution is -2.01. The van der Waals surface area contributed by atoms with Crippen LogP contribution in [0.3, 0.4) is 0 Å². The number of carbonyl (C=O) groups is 1. The van der Waals surface area contributed by atoms with Crippen LogP contribution in [0.2, 0.25) is 0 Å². The summed E-state index contributed by atoms with van der Waals surface area (Å²) in [6.07, 6.45) is 3.03. The minimum atomic E-state index is -0.407. The number of esters is 1. The maximum absolute atomic E-state index is 11.8. The first-order valence-corrected chi connectivity index (χ1v) is 7.25. The molecule has 0 bridgehead atoms. The van der Waals surface area contributed by atoms with Gasteiger partial charge in [0.15, 0.2) is 11.5 Å². The zero-order valence-electron chi connectivity index (χ0n) is 13.5. The summed E-state index contributed by atoms with van der Waals surface area (Å²) in [6, 6.07) is 13.3. The van der Waals surface area contributed by atoms with Crippen LogP contribution in [-0.2, 0) is 16.1 Å². The van der Waals surface area contributed by atoms with Gasteiger partial charge in [0.25, 0.3) is 0 Å². The summed E-state index contributed by atoms with van der Waals surface area (Å²) < 4.78 is 15.8. The Kier molecular flexibility index (Phi) is 5.80. The fourth-order valence-corrected chi connectivity index (χ4v) is 2.09. The van der Waals surface area contributed by atoms with Gasteiger partial charge in [-0.15, -0.1) is 0 Å². The zero-order chi connectivity index (χ0) is 16.7. The van der Waals surface area contributed by atoms with Gasteiger partial charge in [0.2, 0.25) is 0 Å².